The minimum atomic E-state index is -1.11. The second-order valence-electron chi connectivity index (χ2n) is 5.06. The lowest BCUT2D eigenvalue weighted by atomic mass is 10.0. The van der Waals surface area contributed by atoms with E-state index in [0.29, 0.717) is 16.8 Å². The number of aliphatic hydroxyl groups is 2. The number of thioether (sulfide) groups is 1. The molecule has 7 heteroatoms. The first-order valence-electron chi connectivity index (χ1n) is 7.21. The minimum Gasteiger partial charge on any atom is -0.461 e. The van der Waals surface area contributed by atoms with Crippen LogP contribution in [0.25, 0.3) is 10.9 Å². The van der Waals surface area contributed by atoms with Gasteiger partial charge in [-0.25, -0.2) is 4.79 Å². The van der Waals surface area contributed by atoms with Gasteiger partial charge in [-0.15, -0.1) is 0 Å². The van der Waals surface area contributed by atoms with Crippen molar-refractivity contribution in [1.82, 2.24) is 4.98 Å². The second-order valence-corrected chi connectivity index (χ2v) is 6.26. The molecule has 0 aliphatic heterocycles. The van der Waals surface area contributed by atoms with Gasteiger partial charge in [-0.05, 0) is 24.6 Å². The highest BCUT2D eigenvalue weighted by Crippen LogP contribution is 2.25. The number of esters is 1. The molecule has 23 heavy (non-hydrogen) atoms. The summed E-state index contributed by atoms with van der Waals surface area (Å²) in [6.07, 6.45) is -2.17. The van der Waals surface area contributed by atoms with Gasteiger partial charge in [0.1, 0.15) is 11.8 Å². The first kappa shape index (κ1) is 17.5. The standard InChI is InChI=1S/C16H19NO5S/c1-3-22-16(21)13-6-10-4-5-11(7-12(10)17-13)15(20)14(19)8-23-9(2)18/h4-7,14-15,17,19-20H,3,8H2,1-2H3. The van der Waals surface area contributed by atoms with Crippen LogP contribution < -0.4 is 0 Å². The van der Waals surface area contributed by atoms with Crippen molar-refractivity contribution in [3.63, 3.8) is 0 Å². The number of rotatable bonds is 6. The Morgan fingerprint density at radius 2 is 2.04 bits per heavy atom. The SMILES string of the molecule is CCOC(=O)c1cc2ccc(C(O)C(O)CSC(C)=O)cc2[nH]1. The number of carbonyl (C=O) groups excluding carboxylic acids is 2. The number of hydrogen-bond acceptors (Lipinski definition) is 6. The van der Waals surface area contributed by atoms with Gasteiger partial charge in [-0.2, -0.15) is 0 Å². The molecule has 0 radical (unpaired) electrons. The molecule has 0 fully saturated rings. The van der Waals surface area contributed by atoms with Crippen molar-refractivity contribution < 1.29 is 24.5 Å². The summed E-state index contributed by atoms with van der Waals surface area (Å²) in [5, 5.41) is 20.8. The summed E-state index contributed by atoms with van der Waals surface area (Å²) in [6, 6.07) is 6.77. The number of aromatic nitrogens is 1. The van der Waals surface area contributed by atoms with Crippen molar-refractivity contribution in [3.8, 4) is 0 Å². The smallest absolute Gasteiger partial charge is 0.354 e. The average molecular weight is 337 g/mol. The molecule has 0 spiro atoms. The maximum Gasteiger partial charge on any atom is 0.354 e. The van der Waals surface area contributed by atoms with Crippen molar-refractivity contribution in [2.24, 2.45) is 0 Å². The van der Waals surface area contributed by atoms with E-state index in [1.54, 1.807) is 31.2 Å². The van der Waals surface area contributed by atoms with E-state index in [0.717, 1.165) is 17.1 Å². The number of ether oxygens (including phenoxy) is 1. The Morgan fingerprint density at radius 1 is 1.30 bits per heavy atom. The van der Waals surface area contributed by atoms with Crippen LogP contribution in [0.5, 0.6) is 0 Å². The summed E-state index contributed by atoms with van der Waals surface area (Å²) in [5.74, 6) is -0.323. The molecule has 0 aliphatic rings. The van der Waals surface area contributed by atoms with E-state index in [1.807, 2.05) is 0 Å². The summed E-state index contributed by atoms with van der Waals surface area (Å²) in [7, 11) is 0. The number of benzene rings is 1. The van der Waals surface area contributed by atoms with Gasteiger partial charge in [0.15, 0.2) is 5.12 Å². The van der Waals surface area contributed by atoms with E-state index < -0.39 is 18.2 Å². The summed E-state index contributed by atoms with van der Waals surface area (Å²) in [5.41, 5.74) is 1.50. The summed E-state index contributed by atoms with van der Waals surface area (Å²) >= 11 is 0.962. The molecule has 0 amide bonds. The first-order chi connectivity index (χ1) is 10.9. The van der Waals surface area contributed by atoms with Crippen LogP contribution >= 0.6 is 11.8 Å². The summed E-state index contributed by atoms with van der Waals surface area (Å²) in [4.78, 5) is 25.6. The van der Waals surface area contributed by atoms with Gasteiger partial charge < -0.3 is 19.9 Å². The maximum atomic E-state index is 11.7. The third-order valence-corrected chi connectivity index (χ3v) is 4.22. The van der Waals surface area contributed by atoms with Gasteiger partial charge in [0.05, 0.1) is 12.7 Å². The van der Waals surface area contributed by atoms with Crippen LogP contribution in [0.4, 0.5) is 0 Å². The maximum absolute atomic E-state index is 11.7. The normalized spacial score (nSPS) is 13.7. The lowest BCUT2D eigenvalue weighted by Gasteiger charge is -2.17. The van der Waals surface area contributed by atoms with E-state index in [-0.39, 0.29) is 17.5 Å². The molecular weight excluding hydrogens is 318 g/mol. The Labute approximate surface area is 137 Å². The average Bonchev–Trinajstić information content (AvgIpc) is 2.95. The van der Waals surface area contributed by atoms with Crippen LogP contribution in [-0.4, -0.2) is 44.7 Å². The Kier molecular flexibility index (Phi) is 5.81. The molecule has 2 aromatic rings. The molecule has 0 bridgehead atoms. The largest absolute Gasteiger partial charge is 0.461 e. The fourth-order valence-corrected chi connectivity index (χ4v) is 2.75. The van der Waals surface area contributed by atoms with Crippen LogP contribution in [0, 0.1) is 0 Å². The van der Waals surface area contributed by atoms with Crippen LogP contribution in [0.3, 0.4) is 0 Å². The predicted octanol–water partition coefficient (Wildman–Crippen LogP) is 2.02. The number of fused-ring (bicyclic) bond motifs is 1. The zero-order valence-corrected chi connectivity index (χ0v) is 13.7. The molecule has 3 N–H and O–H groups in total. The monoisotopic (exact) mass is 337 g/mol. The highest BCUT2D eigenvalue weighted by atomic mass is 32.2. The molecule has 0 aliphatic carbocycles. The third kappa shape index (κ3) is 4.34. The zero-order valence-electron chi connectivity index (χ0n) is 12.9. The Bertz CT molecular complexity index is 712. The Balaban J connectivity index is 2.18. The molecule has 2 atom stereocenters. The van der Waals surface area contributed by atoms with Crippen LogP contribution in [-0.2, 0) is 9.53 Å². The molecular formula is C16H19NO5S. The second kappa shape index (κ2) is 7.63. The number of nitrogens with one attached hydrogen (secondary N) is 1. The lowest BCUT2D eigenvalue weighted by Crippen LogP contribution is -2.21. The first-order valence-corrected chi connectivity index (χ1v) is 8.20. The van der Waals surface area contributed by atoms with Gasteiger partial charge in [0.25, 0.3) is 0 Å². The van der Waals surface area contributed by atoms with Crippen molar-refractivity contribution >= 4 is 33.7 Å². The third-order valence-electron chi connectivity index (χ3n) is 3.31. The zero-order chi connectivity index (χ0) is 17.0. The van der Waals surface area contributed by atoms with Gasteiger partial charge in [0.2, 0.25) is 0 Å². The van der Waals surface area contributed by atoms with E-state index in [2.05, 4.69) is 4.98 Å². The van der Waals surface area contributed by atoms with Gasteiger partial charge >= 0.3 is 5.97 Å². The lowest BCUT2D eigenvalue weighted by molar-refractivity contribution is -0.109. The van der Waals surface area contributed by atoms with E-state index >= 15 is 0 Å². The summed E-state index contributed by atoms with van der Waals surface area (Å²) < 4.78 is 4.93. The van der Waals surface area contributed by atoms with Gasteiger partial charge in [-0.1, -0.05) is 23.9 Å². The van der Waals surface area contributed by atoms with E-state index in [1.165, 1.54) is 6.92 Å². The highest BCUT2D eigenvalue weighted by Gasteiger charge is 2.20. The molecule has 6 nitrogen and oxygen atoms in total. The number of carbonyl (C=O) groups is 2. The molecule has 124 valence electrons. The summed E-state index contributed by atoms with van der Waals surface area (Å²) in [6.45, 7) is 3.43. The molecule has 2 unspecified atom stereocenters. The van der Waals surface area contributed by atoms with Crippen molar-refractivity contribution in [1.29, 1.82) is 0 Å². The minimum absolute atomic E-state index is 0.116. The fraction of sp³-hybridized carbons (Fsp3) is 0.375. The van der Waals surface area contributed by atoms with Crippen molar-refractivity contribution in [3.05, 3.63) is 35.5 Å². The van der Waals surface area contributed by atoms with Gasteiger partial charge in [0, 0.05) is 23.6 Å². The number of hydrogen-bond donors (Lipinski definition) is 3. The van der Waals surface area contributed by atoms with Gasteiger partial charge in [-0.3, -0.25) is 4.79 Å². The van der Waals surface area contributed by atoms with E-state index in [9.17, 15) is 19.8 Å². The Morgan fingerprint density at radius 3 is 2.70 bits per heavy atom. The number of aromatic amines is 1. The highest BCUT2D eigenvalue weighted by molar-refractivity contribution is 8.13. The topological polar surface area (TPSA) is 99.6 Å². The van der Waals surface area contributed by atoms with Crippen molar-refractivity contribution in [2.75, 3.05) is 12.4 Å². The molecule has 0 saturated carbocycles. The van der Waals surface area contributed by atoms with Crippen LogP contribution in [0.1, 0.15) is 36.0 Å². The molecule has 1 aromatic carbocycles. The van der Waals surface area contributed by atoms with Crippen LogP contribution in [0.2, 0.25) is 0 Å². The molecule has 1 aromatic heterocycles. The van der Waals surface area contributed by atoms with Crippen LogP contribution in [0.15, 0.2) is 24.3 Å². The Hall–Kier alpha value is -1.83. The van der Waals surface area contributed by atoms with Crippen molar-refractivity contribution in [2.45, 2.75) is 26.1 Å². The molecule has 0 saturated heterocycles. The fourth-order valence-electron chi connectivity index (χ4n) is 2.16. The molecule has 2 rings (SSSR count). The number of H-pyrrole nitrogens is 1. The quantitative estimate of drug-likeness (QED) is 0.697. The molecule has 1 heterocycles. The van der Waals surface area contributed by atoms with E-state index in [4.69, 9.17) is 4.74 Å². The predicted molar refractivity (Wildman–Crippen MR) is 88.4 cm³/mol. The number of aliphatic hydroxyl groups excluding tert-OH is 2.